The van der Waals surface area contributed by atoms with Crippen LogP contribution in [-0.2, 0) is 4.79 Å². The third-order valence-electron chi connectivity index (χ3n) is 3.20. The van der Waals surface area contributed by atoms with Crippen LogP contribution in [0.4, 0.5) is 0 Å². The highest BCUT2D eigenvalue weighted by atomic mass is 16.4. The number of rotatable bonds is 5. The topological polar surface area (TPSA) is 84.2 Å². The molecular formula is C17H21N3O3. The number of hydrogen-bond acceptors (Lipinski definition) is 4. The number of nitrogens with one attached hydrogen (secondary N) is 2. The molecule has 0 aliphatic heterocycles. The van der Waals surface area contributed by atoms with Crippen LogP contribution in [0.5, 0.6) is 0 Å². The van der Waals surface area contributed by atoms with E-state index in [4.69, 9.17) is 4.42 Å². The maximum atomic E-state index is 12.3. The van der Waals surface area contributed by atoms with Gasteiger partial charge in [-0.25, -0.2) is 4.98 Å². The van der Waals surface area contributed by atoms with E-state index in [0.717, 1.165) is 5.56 Å². The molecule has 0 saturated heterocycles. The lowest BCUT2D eigenvalue weighted by molar-refractivity contribution is -0.123. The van der Waals surface area contributed by atoms with Crippen LogP contribution in [-0.4, -0.2) is 28.9 Å². The Morgan fingerprint density at radius 1 is 1.09 bits per heavy atom. The largest absolute Gasteiger partial charge is 0.431 e. The molecule has 2 amide bonds. The summed E-state index contributed by atoms with van der Waals surface area (Å²) in [5, 5.41) is 5.37. The summed E-state index contributed by atoms with van der Waals surface area (Å²) < 4.78 is 5.57. The third-order valence-corrected chi connectivity index (χ3v) is 3.20. The second kappa shape index (κ2) is 7.09. The second-order valence-electron chi connectivity index (χ2n) is 5.66. The van der Waals surface area contributed by atoms with Gasteiger partial charge in [-0.1, -0.05) is 18.2 Å². The number of nitrogens with zero attached hydrogens (tertiary/aromatic N) is 1. The Morgan fingerprint density at radius 2 is 1.74 bits per heavy atom. The normalized spacial score (nSPS) is 12.0. The zero-order valence-corrected chi connectivity index (χ0v) is 13.7. The number of amides is 2. The molecule has 0 spiro atoms. The predicted molar refractivity (Wildman–Crippen MR) is 86.9 cm³/mol. The van der Waals surface area contributed by atoms with Gasteiger partial charge < -0.3 is 15.1 Å². The smallest absolute Gasteiger partial charge is 0.289 e. The van der Waals surface area contributed by atoms with Crippen molar-refractivity contribution in [2.75, 3.05) is 0 Å². The van der Waals surface area contributed by atoms with Crippen LogP contribution in [0.25, 0.3) is 11.5 Å². The molecule has 0 radical (unpaired) electrons. The van der Waals surface area contributed by atoms with E-state index in [1.807, 2.05) is 44.2 Å². The number of benzene rings is 1. The first kappa shape index (κ1) is 16.7. The Labute approximate surface area is 135 Å². The van der Waals surface area contributed by atoms with Gasteiger partial charge in [-0.3, -0.25) is 9.59 Å². The van der Waals surface area contributed by atoms with Crippen molar-refractivity contribution < 1.29 is 14.0 Å². The Bertz CT molecular complexity index is 692. The molecular weight excluding hydrogens is 294 g/mol. The van der Waals surface area contributed by atoms with E-state index in [1.54, 1.807) is 13.8 Å². The number of aromatic nitrogens is 1. The molecule has 0 saturated carbocycles. The van der Waals surface area contributed by atoms with Crippen molar-refractivity contribution in [3.8, 4) is 11.5 Å². The minimum absolute atomic E-state index is 0.0125. The van der Waals surface area contributed by atoms with Crippen LogP contribution in [0.1, 0.15) is 37.0 Å². The quantitative estimate of drug-likeness (QED) is 0.886. The summed E-state index contributed by atoms with van der Waals surface area (Å²) in [4.78, 5) is 28.4. The fourth-order valence-corrected chi connectivity index (χ4v) is 2.05. The van der Waals surface area contributed by atoms with Crippen molar-refractivity contribution in [3.63, 3.8) is 0 Å². The van der Waals surface area contributed by atoms with Crippen LogP contribution < -0.4 is 10.6 Å². The Morgan fingerprint density at radius 3 is 2.35 bits per heavy atom. The molecule has 2 aromatic rings. The van der Waals surface area contributed by atoms with Crippen molar-refractivity contribution in [3.05, 3.63) is 41.8 Å². The molecule has 0 aliphatic rings. The van der Waals surface area contributed by atoms with Gasteiger partial charge in [0.25, 0.3) is 5.91 Å². The average molecular weight is 315 g/mol. The van der Waals surface area contributed by atoms with Crippen LogP contribution in [0.15, 0.2) is 34.7 Å². The van der Waals surface area contributed by atoms with E-state index in [1.165, 1.54) is 0 Å². The first-order chi connectivity index (χ1) is 10.9. The molecule has 6 nitrogen and oxygen atoms in total. The lowest BCUT2D eigenvalue weighted by atomic mass is 10.2. The first-order valence-corrected chi connectivity index (χ1v) is 7.52. The van der Waals surface area contributed by atoms with E-state index in [9.17, 15) is 9.59 Å². The molecule has 2 rings (SSSR count). The zero-order chi connectivity index (χ0) is 17.0. The number of hydrogen-bond donors (Lipinski definition) is 2. The fourth-order valence-electron chi connectivity index (χ4n) is 2.05. The van der Waals surface area contributed by atoms with Crippen molar-refractivity contribution in [1.29, 1.82) is 0 Å². The molecule has 23 heavy (non-hydrogen) atoms. The Kier molecular flexibility index (Phi) is 5.16. The molecule has 1 atom stereocenters. The minimum atomic E-state index is -0.658. The van der Waals surface area contributed by atoms with E-state index in [2.05, 4.69) is 15.6 Å². The number of carbonyl (C=O) groups is 2. The van der Waals surface area contributed by atoms with Gasteiger partial charge >= 0.3 is 0 Å². The van der Waals surface area contributed by atoms with Gasteiger partial charge in [0.1, 0.15) is 6.04 Å². The lowest BCUT2D eigenvalue weighted by Gasteiger charge is -2.15. The molecule has 122 valence electrons. The summed E-state index contributed by atoms with van der Waals surface area (Å²) in [7, 11) is 0. The molecule has 0 fully saturated rings. The van der Waals surface area contributed by atoms with Crippen molar-refractivity contribution in [1.82, 2.24) is 15.6 Å². The molecule has 6 heteroatoms. The molecule has 1 aromatic carbocycles. The lowest BCUT2D eigenvalue weighted by Crippen LogP contribution is -2.46. The van der Waals surface area contributed by atoms with E-state index in [0.29, 0.717) is 11.6 Å². The Balaban J connectivity index is 2.11. The SMILES string of the molecule is Cc1nc(-c2ccccc2)oc1C(=O)N[C@H](C)C(=O)NC(C)C. The molecule has 0 bridgehead atoms. The van der Waals surface area contributed by atoms with E-state index < -0.39 is 11.9 Å². The minimum Gasteiger partial charge on any atom is -0.431 e. The number of aryl methyl sites for hydroxylation is 1. The van der Waals surface area contributed by atoms with E-state index >= 15 is 0 Å². The monoisotopic (exact) mass is 315 g/mol. The van der Waals surface area contributed by atoms with Crippen molar-refractivity contribution in [2.24, 2.45) is 0 Å². The van der Waals surface area contributed by atoms with Crippen LogP contribution in [0.3, 0.4) is 0 Å². The van der Waals surface area contributed by atoms with Gasteiger partial charge in [-0.05, 0) is 39.8 Å². The van der Waals surface area contributed by atoms with Crippen molar-refractivity contribution >= 4 is 11.8 Å². The molecule has 0 aliphatic carbocycles. The molecule has 2 N–H and O–H groups in total. The highest BCUT2D eigenvalue weighted by Crippen LogP contribution is 2.21. The van der Waals surface area contributed by atoms with E-state index in [-0.39, 0.29) is 17.7 Å². The fraction of sp³-hybridized carbons (Fsp3) is 0.353. The summed E-state index contributed by atoms with van der Waals surface area (Å²) in [6.45, 7) is 7.04. The van der Waals surface area contributed by atoms with Gasteiger partial charge in [0.2, 0.25) is 17.6 Å². The summed E-state index contributed by atoms with van der Waals surface area (Å²) in [6.07, 6.45) is 0. The van der Waals surface area contributed by atoms with Crippen molar-refractivity contribution in [2.45, 2.75) is 39.8 Å². The highest BCUT2D eigenvalue weighted by molar-refractivity contribution is 5.96. The van der Waals surface area contributed by atoms with Gasteiger partial charge in [0.05, 0.1) is 5.69 Å². The first-order valence-electron chi connectivity index (χ1n) is 7.52. The highest BCUT2D eigenvalue weighted by Gasteiger charge is 2.22. The second-order valence-corrected chi connectivity index (χ2v) is 5.66. The van der Waals surface area contributed by atoms with Crippen LogP contribution >= 0.6 is 0 Å². The third kappa shape index (κ3) is 4.18. The van der Waals surface area contributed by atoms with Gasteiger partial charge in [0, 0.05) is 11.6 Å². The maximum Gasteiger partial charge on any atom is 0.289 e. The summed E-state index contributed by atoms with van der Waals surface area (Å²) in [5.74, 6) is -0.196. The van der Waals surface area contributed by atoms with Gasteiger partial charge in [-0.2, -0.15) is 0 Å². The number of oxazole rings is 1. The average Bonchev–Trinajstić information content (AvgIpc) is 2.89. The summed E-state index contributed by atoms with van der Waals surface area (Å²) >= 11 is 0. The van der Waals surface area contributed by atoms with Gasteiger partial charge in [-0.15, -0.1) is 0 Å². The zero-order valence-electron chi connectivity index (χ0n) is 13.7. The molecule has 1 aromatic heterocycles. The molecule has 0 unspecified atom stereocenters. The molecule has 1 heterocycles. The van der Waals surface area contributed by atoms with Crippen LogP contribution in [0.2, 0.25) is 0 Å². The predicted octanol–water partition coefficient (Wildman–Crippen LogP) is 2.29. The maximum absolute atomic E-state index is 12.3. The van der Waals surface area contributed by atoms with Gasteiger partial charge in [0.15, 0.2) is 0 Å². The Hall–Kier alpha value is -2.63. The summed E-state index contributed by atoms with van der Waals surface area (Å²) in [6, 6.07) is 8.69. The standard InChI is InChI=1S/C17H21N3O3/c1-10(2)18-15(21)12(4)19-16(22)14-11(3)20-17(23-14)13-8-6-5-7-9-13/h5-10,12H,1-4H3,(H,18,21)(H,19,22)/t12-/m1/s1. The number of carbonyl (C=O) groups excluding carboxylic acids is 2. The van der Waals surface area contributed by atoms with Crippen LogP contribution in [0, 0.1) is 6.92 Å². The summed E-state index contributed by atoms with van der Waals surface area (Å²) in [5.41, 5.74) is 1.28.